The highest BCUT2D eigenvalue weighted by atomic mass is 16.7. The summed E-state index contributed by atoms with van der Waals surface area (Å²) in [5.41, 5.74) is 3.05. The van der Waals surface area contributed by atoms with E-state index in [2.05, 4.69) is 72.8 Å². The molecule has 0 N–H and O–H groups in total. The van der Waals surface area contributed by atoms with Gasteiger partial charge in [0.05, 0.1) is 32.2 Å². The van der Waals surface area contributed by atoms with Crippen molar-refractivity contribution in [3.63, 3.8) is 0 Å². The zero-order valence-electron chi connectivity index (χ0n) is 21.4. The fraction of sp³-hybridized carbons (Fsp3) is 0.424. The van der Waals surface area contributed by atoms with E-state index in [0.717, 1.165) is 53.2 Å². The van der Waals surface area contributed by atoms with Gasteiger partial charge in [-0.2, -0.15) is 5.26 Å². The minimum absolute atomic E-state index is 0.335. The van der Waals surface area contributed by atoms with Gasteiger partial charge in [-0.25, -0.2) is 0 Å². The van der Waals surface area contributed by atoms with Crippen LogP contribution in [0.1, 0.15) is 36.0 Å². The molecular formula is C33H35N2O2+. The maximum absolute atomic E-state index is 10.7. The Hall–Kier alpha value is -3.29. The molecule has 0 amide bonds. The van der Waals surface area contributed by atoms with Gasteiger partial charge in [0.2, 0.25) is 6.79 Å². The zero-order valence-corrected chi connectivity index (χ0v) is 21.4. The van der Waals surface area contributed by atoms with Crippen molar-refractivity contribution in [2.24, 2.45) is 23.7 Å². The van der Waals surface area contributed by atoms with Crippen LogP contribution in [-0.2, 0) is 11.8 Å². The number of quaternary nitrogens is 1. The summed E-state index contributed by atoms with van der Waals surface area (Å²) in [6, 6.07) is 30.2. The topological polar surface area (TPSA) is 42.2 Å². The van der Waals surface area contributed by atoms with Crippen LogP contribution in [0.5, 0.6) is 11.5 Å². The number of likely N-dealkylation sites (tertiary alicyclic amines) is 1. The second-order valence-corrected chi connectivity index (χ2v) is 11.9. The summed E-state index contributed by atoms with van der Waals surface area (Å²) in [6.07, 6.45) is 4.83. The predicted octanol–water partition coefficient (Wildman–Crippen LogP) is 5.96. The van der Waals surface area contributed by atoms with Gasteiger partial charge in [-0.1, -0.05) is 66.7 Å². The van der Waals surface area contributed by atoms with Crippen molar-refractivity contribution < 1.29 is 14.0 Å². The van der Waals surface area contributed by atoms with E-state index in [1.165, 1.54) is 49.1 Å². The Labute approximate surface area is 220 Å². The van der Waals surface area contributed by atoms with E-state index in [1.807, 2.05) is 12.1 Å². The average molecular weight is 492 g/mol. The van der Waals surface area contributed by atoms with Gasteiger partial charge in [-0.3, -0.25) is 0 Å². The molecule has 2 aliphatic carbocycles. The summed E-state index contributed by atoms with van der Waals surface area (Å²) in [6.45, 7) is 5.44. The van der Waals surface area contributed by atoms with Gasteiger partial charge >= 0.3 is 0 Å². The van der Waals surface area contributed by atoms with Gasteiger partial charge in [0, 0.05) is 24.2 Å². The molecule has 4 aliphatic rings. The fourth-order valence-electron chi connectivity index (χ4n) is 7.45. The number of hydrogen-bond acceptors (Lipinski definition) is 3. The van der Waals surface area contributed by atoms with Crippen molar-refractivity contribution in [2.75, 3.05) is 33.0 Å². The predicted molar refractivity (Wildman–Crippen MR) is 143 cm³/mol. The van der Waals surface area contributed by atoms with Crippen LogP contribution in [0.3, 0.4) is 0 Å². The molecule has 188 valence electrons. The molecule has 2 saturated carbocycles. The Kier molecular flexibility index (Phi) is 5.52. The van der Waals surface area contributed by atoms with Crippen LogP contribution in [0.4, 0.5) is 0 Å². The lowest BCUT2D eigenvalue weighted by Gasteiger charge is -2.38. The van der Waals surface area contributed by atoms with Crippen LogP contribution in [0, 0.1) is 35.0 Å². The summed E-state index contributed by atoms with van der Waals surface area (Å²) < 4.78 is 12.4. The molecule has 0 radical (unpaired) electrons. The minimum Gasteiger partial charge on any atom is -0.454 e. The van der Waals surface area contributed by atoms with Gasteiger partial charge < -0.3 is 14.0 Å². The summed E-state index contributed by atoms with van der Waals surface area (Å²) in [7, 11) is 0. The molecule has 2 atom stereocenters. The Bertz CT molecular complexity index is 1260. The highest BCUT2D eigenvalue weighted by Crippen LogP contribution is 2.60. The first-order valence-corrected chi connectivity index (χ1v) is 13.9. The van der Waals surface area contributed by atoms with Crippen LogP contribution in [0.25, 0.3) is 0 Å². The summed E-state index contributed by atoms with van der Waals surface area (Å²) in [4.78, 5) is 0. The summed E-state index contributed by atoms with van der Waals surface area (Å²) in [5.74, 6) is 4.81. The Balaban J connectivity index is 1.09. The van der Waals surface area contributed by atoms with Crippen LogP contribution >= 0.6 is 0 Å². The molecule has 3 aromatic carbocycles. The molecule has 3 aromatic rings. The first kappa shape index (κ1) is 22.9. The minimum atomic E-state index is -0.573. The maximum atomic E-state index is 10.7. The Morgan fingerprint density at radius 2 is 1.49 bits per heavy atom. The van der Waals surface area contributed by atoms with E-state index in [4.69, 9.17) is 9.47 Å². The highest BCUT2D eigenvalue weighted by Gasteiger charge is 2.64. The van der Waals surface area contributed by atoms with E-state index >= 15 is 0 Å². The van der Waals surface area contributed by atoms with Gasteiger partial charge in [0.1, 0.15) is 5.41 Å². The average Bonchev–Trinajstić information content (AvgIpc) is 3.75. The number of rotatable bonds is 9. The molecule has 0 bridgehead atoms. The second kappa shape index (κ2) is 8.92. The largest absolute Gasteiger partial charge is 0.454 e. The normalized spacial score (nSPS) is 27.5. The molecule has 37 heavy (non-hydrogen) atoms. The standard InChI is InChI=1S/C33H35N2O2/c34-22-33(26-7-3-1-4-8-26,27-9-5-2-6-10-27)18-28-29-20-35(21-30(28)29,19-25-11-12-25)16-15-24-13-14-31-32(17-24)37-23-36-31/h1-10,13-14,17,25,28-30H,11-12,15-16,18-21,23H2/q+1. The maximum Gasteiger partial charge on any atom is 0.231 e. The first-order chi connectivity index (χ1) is 18.2. The lowest BCUT2D eigenvalue weighted by atomic mass is 9.71. The molecule has 0 aromatic heterocycles. The first-order valence-electron chi connectivity index (χ1n) is 13.9. The second-order valence-electron chi connectivity index (χ2n) is 11.9. The number of ether oxygens (including phenoxy) is 2. The molecule has 3 fully saturated rings. The van der Waals surface area contributed by atoms with Gasteiger partial charge in [-0.15, -0.1) is 0 Å². The summed E-state index contributed by atoms with van der Waals surface area (Å²) >= 11 is 0. The SMILES string of the molecule is N#CC(CC1C2C[N+](CCc3ccc4c(c3)OCO4)(CC3CC3)CC12)(c1ccccc1)c1ccccc1. The number of hydrogen-bond donors (Lipinski definition) is 0. The van der Waals surface area contributed by atoms with E-state index in [-0.39, 0.29) is 0 Å². The van der Waals surface area contributed by atoms with Crippen LogP contribution in [-0.4, -0.2) is 37.5 Å². The monoisotopic (exact) mass is 491 g/mol. The van der Waals surface area contributed by atoms with Crippen molar-refractivity contribution in [1.29, 1.82) is 5.26 Å². The highest BCUT2D eigenvalue weighted by molar-refractivity contribution is 5.47. The number of benzene rings is 3. The lowest BCUT2D eigenvalue weighted by Crippen LogP contribution is -2.51. The third kappa shape index (κ3) is 4.20. The third-order valence-electron chi connectivity index (χ3n) is 9.63. The quantitative estimate of drug-likeness (QED) is 0.347. The number of nitrogens with zero attached hydrogens (tertiary/aromatic N) is 2. The smallest absolute Gasteiger partial charge is 0.231 e. The molecule has 4 heteroatoms. The Morgan fingerprint density at radius 1 is 0.838 bits per heavy atom. The third-order valence-corrected chi connectivity index (χ3v) is 9.63. The molecule has 1 saturated heterocycles. The molecule has 2 unspecified atom stereocenters. The Morgan fingerprint density at radius 3 is 2.11 bits per heavy atom. The van der Waals surface area contributed by atoms with Gasteiger partial charge in [-0.05, 0) is 54.0 Å². The number of fused-ring (bicyclic) bond motifs is 2. The van der Waals surface area contributed by atoms with Crippen molar-refractivity contribution in [2.45, 2.75) is 31.1 Å². The fourth-order valence-corrected chi connectivity index (χ4v) is 7.45. The van der Waals surface area contributed by atoms with Crippen molar-refractivity contribution in [3.05, 3.63) is 95.6 Å². The summed E-state index contributed by atoms with van der Waals surface area (Å²) in [5, 5.41) is 10.7. The number of nitriles is 1. The molecule has 2 aliphatic heterocycles. The van der Waals surface area contributed by atoms with E-state index < -0.39 is 5.41 Å². The van der Waals surface area contributed by atoms with Gasteiger partial charge in [0.25, 0.3) is 0 Å². The molecule has 7 rings (SSSR count). The molecular weight excluding hydrogens is 456 g/mol. The van der Waals surface area contributed by atoms with Crippen LogP contribution in [0.2, 0.25) is 0 Å². The zero-order chi connectivity index (χ0) is 24.9. The number of piperidine rings is 1. The van der Waals surface area contributed by atoms with E-state index in [9.17, 15) is 5.26 Å². The van der Waals surface area contributed by atoms with Crippen molar-refractivity contribution in [3.8, 4) is 17.6 Å². The van der Waals surface area contributed by atoms with Crippen molar-refractivity contribution in [1.82, 2.24) is 0 Å². The van der Waals surface area contributed by atoms with Crippen LogP contribution < -0.4 is 9.47 Å². The lowest BCUT2D eigenvalue weighted by molar-refractivity contribution is -0.923. The molecule has 4 nitrogen and oxygen atoms in total. The molecule has 2 heterocycles. The van der Waals surface area contributed by atoms with Crippen LogP contribution in [0.15, 0.2) is 78.9 Å². The molecule has 0 spiro atoms. The van der Waals surface area contributed by atoms with E-state index in [0.29, 0.717) is 12.7 Å². The van der Waals surface area contributed by atoms with Gasteiger partial charge in [0.15, 0.2) is 11.5 Å². The van der Waals surface area contributed by atoms with Crippen molar-refractivity contribution >= 4 is 0 Å². The van der Waals surface area contributed by atoms with E-state index in [1.54, 1.807) is 0 Å².